The predicted molar refractivity (Wildman–Crippen MR) is 136 cm³/mol. The van der Waals surface area contributed by atoms with E-state index in [9.17, 15) is 9.59 Å². The lowest BCUT2D eigenvalue weighted by Gasteiger charge is -2.32. The van der Waals surface area contributed by atoms with Crippen molar-refractivity contribution in [3.63, 3.8) is 0 Å². The number of aromatic nitrogens is 3. The van der Waals surface area contributed by atoms with Gasteiger partial charge >= 0.3 is 0 Å². The van der Waals surface area contributed by atoms with Gasteiger partial charge in [0.1, 0.15) is 0 Å². The Hall–Kier alpha value is -3.75. The number of piperazine rings is 1. The van der Waals surface area contributed by atoms with E-state index in [0.717, 1.165) is 54.5 Å². The summed E-state index contributed by atoms with van der Waals surface area (Å²) in [6.07, 6.45) is 2.20. The number of nitrogens with zero attached hydrogens (tertiary/aromatic N) is 4. The summed E-state index contributed by atoms with van der Waals surface area (Å²) in [7, 11) is 2.12. The monoisotopic (exact) mass is 454 g/mol. The molecule has 1 saturated heterocycles. The summed E-state index contributed by atoms with van der Waals surface area (Å²) in [4.78, 5) is 38.7. The molecule has 0 atom stereocenters. The maximum absolute atomic E-state index is 13.3. The molecule has 1 aliphatic rings. The Bertz CT molecular complexity index is 1610. The van der Waals surface area contributed by atoms with E-state index in [1.165, 1.54) is 0 Å². The number of rotatable bonds is 4. The van der Waals surface area contributed by atoms with Crippen molar-refractivity contribution in [3.05, 3.63) is 65.1 Å². The number of benzene rings is 2. The number of hydrogen-bond acceptors (Lipinski definition) is 5. The van der Waals surface area contributed by atoms with Gasteiger partial charge in [-0.3, -0.25) is 14.0 Å². The lowest BCUT2D eigenvalue weighted by atomic mass is 10.1. The molecule has 2 N–H and O–H groups in total. The third-order valence-corrected chi connectivity index (χ3v) is 6.80. The zero-order valence-corrected chi connectivity index (χ0v) is 19.0. The molecular formula is C26H26N6O2. The summed E-state index contributed by atoms with van der Waals surface area (Å²) in [5, 5.41) is 5.56. The Morgan fingerprint density at radius 2 is 1.85 bits per heavy atom. The summed E-state index contributed by atoms with van der Waals surface area (Å²) in [5.74, 6) is -0.0492. The van der Waals surface area contributed by atoms with Crippen molar-refractivity contribution in [1.82, 2.24) is 24.2 Å². The summed E-state index contributed by atoms with van der Waals surface area (Å²) < 4.78 is 1.57. The van der Waals surface area contributed by atoms with E-state index in [1.54, 1.807) is 22.7 Å². The Balaban J connectivity index is 1.30. The molecule has 172 valence electrons. The largest absolute Gasteiger partial charge is 0.351 e. The normalized spacial score (nSPS) is 15.6. The smallest absolute Gasteiger partial charge is 0.265 e. The minimum absolute atomic E-state index is 0.0492. The summed E-state index contributed by atoms with van der Waals surface area (Å²) in [5.41, 5.74) is 3.50. The van der Waals surface area contributed by atoms with Gasteiger partial charge in [0.05, 0.1) is 16.4 Å². The van der Waals surface area contributed by atoms with Crippen LogP contribution in [0, 0.1) is 0 Å². The van der Waals surface area contributed by atoms with Crippen molar-refractivity contribution in [3.8, 4) is 0 Å². The Morgan fingerprint density at radius 1 is 1.03 bits per heavy atom. The fraction of sp³-hybridized carbons (Fsp3) is 0.269. The van der Waals surface area contributed by atoms with Crippen LogP contribution in [0.5, 0.6) is 0 Å². The fourth-order valence-electron chi connectivity index (χ4n) is 4.81. The first-order valence-corrected chi connectivity index (χ1v) is 11.6. The molecule has 0 unspecified atom stereocenters. The highest BCUT2D eigenvalue weighted by molar-refractivity contribution is 6.11. The summed E-state index contributed by atoms with van der Waals surface area (Å²) >= 11 is 0. The van der Waals surface area contributed by atoms with Gasteiger partial charge in [0, 0.05) is 67.3 Å². The van der Waals surface area contributed by atoms with Crippen molar-refractivity contribution >= 4 is 50.0 Å². The van der Waals surface area contributed by atoms with Gasteiger partial charge in [0.2, 0.25) is 5.91 Å². The lowest BCUT2D eigenvalue weighted by Crippen LogP contribution is -2.45. The summed E-state index contributed by atoms with van der Waals surface area (Å²) in [6.45, 7) is 4.77. The third-order valence-electron chi connectivity index (χ3n) is 6.80. The van der Waals surface area contributed by atoms with Crippen LogP contribution in [0.15, 0.2) is 59.5 Å². The number of carbonyl (C=O) groups is 1. The summed E-state index contributed by atoms with van der Waals surface area (Å²) in [6, 6.07) is 15.3. The number of para-hydroxylation sites is 1. The van der Waals surface area contributed by atoms with Crippen LogP contribution in [0.2, 0.25) is 0 Å². The van der Waals surface area contributed by atoms with Crippen molar-refractivity contribution < 1.29 is 4.79 Å². The third kappa shape index (κ3) is 3.61. The highest BCUT2D eigenvalue weighted by Gasteiger charge is 2.16. The Morgan fingerprint density at radius 3 is 2.71 bits per heavy atom. The highest BCUT2D eigenvalue weighted by Crippen LogP contribution is 2.27. The lowest BCUT2D eigenvalue weighted by molar-refractivity contribution is -0.116. The van der Waals surface area contributed by atoms with E-state index < -0.39 is 0 Å². The SMILES string of the molecule is CN1CCN(CCC(=O)Nc2ccc3nc4c5[nH]c6ccccc6c5ccn4c(=O)c3c2)CC1. The van der Waals surface area contributed by atoms with Crippen LogP contribution in [0.4, 0.5) is 5.69 Å². The molecule has 8 nitrogen and oxygen atoms in total. The van der Waals surface area contributed by atoms with E-state index in [2.05, 4.69) is 33.2 Å². The van der Waals surface area contributed by atoms with Crippen molar-refractivity contribution in [2.75, 3.05) is 45.1 Å². The molecule has 1 aliphatic heterocycles. The maximum Gasteiger partial charge on any atom is 0.265 e. The number of fused-ring (bicyclic) bond motifs is 6. The van der Waals surface area contributed by atoms with E-state index in [1.807, 2.05) is 30.3 Å². The minimum Gasteiger partial charge on any atom is -0.351 e. The second-order valence-corrected chi connectivity index (χ2v) is 9.06. The van der Waals surface area contributed by atoms with Crippen LogP contribution in [-0.2, 0) is 4.79 Å². The van der Waals surface area contributed by atoms with Gasteiger partial charge < -0.3 is 20.1 Å². The molecule has 0 saturated carbocycles. The van der Waals surface area contributed by atoms with Crippen LogP contribution >= 0.6 is 0 Å². The first kappa shape index (κ1) is 20.8. The second-order valence-electron chi connectivity index (χ2n) is 9.06. The van der Waals surface area contributed by atoms with Gasteiger partial charge in [-0.1, -0.05) is 18.2 Å². The Kier molecular flexibility index (Phi) is 5.04. The van der Waals surface area contributed by atoms with E-state index in [-0.39, 0.29) is 11.5 Å². The molecule has 3 aromatic heterocycles. The molecular weight excluding hydrogens is 428 g/mol. The molecule has 5 aromatic rings. The van der Waals surface area contributed by atoms with Gasteiger partial charge in [-0.25, -0.2) is 4.98 Å². The van der Waals surface area contributed by atoms with E-state index >= 15 is 0 Å². The van der Waals surface area contributed by atoms with E-state index in [4.69, 9.17) is 4.98 Å². The standard InChI is InChI=1S/C26H26N6O2/c1-30-12-14-31(15-13-30)10-9-23(33)27-17-6-7-22-20(16-17)26(34)32-11-8-19-18-4-2-3-5-21(18)28-24(19)25(32)29-22/h2-8,11,16,28H,9-10,12-15H2,1H3,(H,27,33). The molecule has 1 fully saturated rings. The molecule has 6 rings (SSSR count). The van der Waals surface area contributed by atoms with Crippen LogP contribution in [0.25, 0.3) is 38.4 Å². The molecule has 0 spiro atoms. The average molecular weight is 455 g/mol. The molecule has 8 heteroatoms. The quantitative estimate of drug-likeness (QED) is 0.408. The number of aromatic amines is 1. The van der Waals surface area contributed by atoms with E-state index in [0.29, 0.717) is 28.7 Å². The van der Waals surface area contributed by atoms with Crippen LogP contribution < -0.4 is 10.9 Å². The zero-order chi connectivity index (χ0) is 23.2. The number of likely N-dealkylation sites (N-methyl/N-ethyl adjacent to an activating group) is 1. The van der Waals surface area contributed by atoms with Gasteiger partial charge in [-0.2, -0.15) is 0 Å². The van der Waals surface area contributed by atoms with Gasteiger partial charge in [-0.05, 0) is 37.4 Å². The minimum atomic E-state index is -0.158. The van der Waals surface area contributed by atoms with Gasteiger partial charge in [-0.15, -0.1) is 0 Å². The number of nitrogens with one attached hydrogen (secondary N) is 2. The predicted octanol–water partition coefficient (Wildman–Crippen LogP) is 3.06. The van der Waals surface area contributed by atoms with Crippen molar-refractivity contribution in [2.45, 2.75) is 6.42 Å². The topological polar surface area (TPSA) is 85.7 Å². The molecule has 0 bridgehead atoms. The fourth-order valence-corrected chi connectivity index (χ4v) is 4.81. The molecule has 34 heavy (non-hydrogen) atoms. The molecule has 2 aromatic carbocycles. The molecule has 4 heterocycles. The number of H-pyrrole nitrogens is 1. The Labute approximate surface area is 195 Å². The van der Waals surface area contributed by atoms with Crippen LogP contribution in [0.3, 0.4) is 0 Å². The molecule has 0 radical (unpaired) electrons. The number of amides is 1. The van der Waals surface area contributed by atoms with Gasteiger partial charge in [0.15, 0.2) is 5.65 Å². The number of hydrogen-bond donors (Lipinski definition) is 2. The maximum atomic E-state index is 13.3. The number of anilines is 1. The van der Waals surface area contributed by atoms with Crippen LogP contribution in [-0.4, -0.2) is 69.8 Å². The zero-order valence-electron chi connectivity index (χ0n) is 19.0. The highest BCUT2D eigenvalue weighted by atomic mass is 16.1. The first-order valence-electron chi connectivity index (χ1n) is 11.6. The van der Waals surface area contributed by atoms with Crippen LogP contribution in [0.1, 0.15) is 6.42 Å². The average Bonchev–Trinajstić information content (AvgIpc) is 3.23. The number of carbonyl (C=O) groups excluding carboxylic acids is 1. The van der Waals surface area contributed by atoms with Crippen molar-refractivity contribution in [1.29, 1.82) is 0 Å². The molecule has 0 aliphatic carbocycles. The molecule has 1 amide bonds. The van der Waals surface area contributed by atoms with Gasteiger partial charge in [0.25, 0.3) is 5.56 Å². The van der Waals surface area contributed by atoms with Crippen molar-refractivity contribution in [2.24, 2.45) is 0 Å². The number of pyridine rings is 1. The second kappa shape index (κ2) is 8.23. The first-order chi connectivity index (χ1) is 16.6.